The van der Waals surface area contributed by atoms with E-state index in [1.165, 1.54) is 0 Å². The maximum Gasteiger partial charge on any atom is 0.417 e. The van der Waals surface area contributed by atoms with Gasteiger partial charge >= 0.3 is 6.09 Å². The average molecular weight is 175 g/mol. The normalized spacial score (nSPS) is 14.5. The lowest BCUT2D eigenvalue weighted by Gasteiger charge is -2.18. The number of hydrogen-bond donors (Lipinski definition) is 1. The molecule has 0 spiro atoms. The van der Waals surface area contributed by atoms with Crippen LogP contribution in [0.15, 0.2) is 24.8 Å². The first-order valence-electron chi connectivity index (χ1n) is 3.95. The Bertz CT molecular complexity index is 396. The molecule has 1 aliphatic rings. The molecule has 0 aliphatic carbocycles. The van der Waals surface area contributed by atoms with E-state index in [0.717, 1.165) is 16.8 Å². The predicted molar refractivity (Wildman–Crippen MR) is 50.3 cm³/mol. The van der Waals surface area contributed by atoms with Crippen LogP contribution in [0.1, 0.15) is 11.1 Å². The third-order valence-corrected chi connectivity index (χ3v) is 1.93. The van der Waals surface area contributed by atoms with Crippen molar-refractivity contribution in [3.05, 3.63) is 35.9 Å². The number of cyclic esters (lactones) is 1. The van der Waals surface area contributed by atoms with E-state index in [0.29, 0.717) is 5.76 Å². The van der Waals surface area contributed by atoms with Crippen molar-refractivity contribution < 1.29 is 9.53 Å². The van der Waals surface area contributed by atoms with Gasteiger partial charge in [-0.3, -0.25) is 5.32 Å². The van der Waals surface area contributed by atoms with Crippen LogP contribution in [0.5, 0.6) is 0 Å². The maximum absolute atomic E-state index is 10.9. The SMILES string of the molecule is C=C1OC(=O)Nc2ccc(C)cc21. The molecular weight excluding hydrogens is 166 g/mol. The summed E-state index contributed by atoms with van der Waals surface area (Å²) >= 11 is 0. The molecule has 1 aromatic carbocycles. The molecule has 2 rings (SSSR count). The van der Waals surface area contributed by atoms with Crippen LogP contribution in [0, 0.1) is 6.92 Å². The summed E-state index contributed by atoms with van der Waals surface area (Å²) in [5.74, 6) is 0.405. The number of ether oxygens (including phenoxy) is 1. The molecule has 1 aromatic rings. The van der Waals surface area contributed by atoms with Crippen LogP contribution in [-0.2, 0) is 4.74 Å². The van der Waals surface area contributed by atoms with Crippen LogP contribution in [-0.4, -0.2) is 6.09 Å². The number of anilines is 1. The van der Waals surface area contributed by atoms with Crippen LogP contribution in [0.4, 0.5) is 10.5 Å². The second-order valence-electron chi connectivity index (χ2n) is 2.99. The first kappa shape index (κ1) is 7.86. The molecule has 0 saturated heterocycles. The van der Waals surface area contributed by atoms with Gasteiger partial charge in [-0.05, 0) is 19.1 Å². The molecule has 0 atom stereocenters. The zero-order chi connectivity index (χ0) is 9.42. The third kappa shape index (κ3) is 1.28. The van der Waals surface area contributed by atoms with Crippen LogP contribution in [0.2, 0.25) is 0 Å². The monoisotopic (exact) mass is 175 g/mol. The number of hydrogen-bond acceptors (Lipinski definition) is 2. The Morgan fingerprint density at radius 3 is 3.00 bits per heavy atom. The maximum atomic E-state index is 10.9. The number of rotatable bonds is 0. The van der Waals surface area contributed by atoms with Crippen molar-refractivity contribution in [2.75, 3.05) is 5.32 Å². The third-order valence-electron chi connectivity index (χ3n) is 1.93. The number of carbonyl (C=O) groups excluding carboxylic acids is 1. The Morgan fingerprint density at radius 1 is 1.46 bits per heavy atom. The fourth-order valence-electron chi connectivity index (χ4n) is 1.30. The summed E-state index contributed by atoms with van der Waals surface area (Å²) in [5.41, 5.74) is 2.71. The highest BCUT2D eigenvalue weighted by atomic mass is 16.6. The molecule has 0 saturated carbocycles. The van der Waals surface area contributed by atoms with Crippen LogP contribution < -0.4 is 5.32 Å². The minimum atomic E-state index is -0.471. The van der Waals surface area contributed by atoms with E-state index in [-0.39, 0.29) is 0 Å². The van der Waals surface area contributed by atoms with Gasteiger partial charge in [0.05, 0.1) is 5.69 Å². The Balaban J connectivity index is 2.55. The van der Waals surface area contributed by atoms with Gasteiger partial charge in [0, 0.05) is 5.56 Å². The van der Waals surface area contributed by atoms with Crippen LogP contribution >= 0.6 is 0 Å². The summed E-state index contributed by atoms with van der Waals surface area (Å²) in [6.45, 7) is 5.64. The number of aryl methyl sites for hydroxylation is 1. The number of nitrogens with one attached hydrogen (secondary N) is 1. The van der Waals surface area contributed by atoms with Crippen molar-refractivity contribution in [1.29, 1.82) is 0 Å². The lowest BCUT2D eigenvalue weighted by molar-refractivity contribution is 0.206. The second kappa shape index (κ2) is 2.62. The number of carbonyl (C=O) groups is 1. The van der Waals surface area contributed by atoms with Gasteiger partial charge in [0.15, 0.2) is 0 Å². The minimum Gasteiger partial charge on any atom is -0.410 e. The van der Waals surface area contributed by atoms with E-state index in [9.17, 15) is 4.79 Å². The minimum absolute atomic E-state index is 0.405. The molecule has 1 heterocycles. The molecule has 0 unspecified atom stereocenters. The summed E-state index contributed by atoms with van der Waals surface area (Å²) < 4.78 is 4.82. The van der Waals surface area contributed by atoms with Gasteiger partial charge in [0.1, 0.15) is 5.76 Å². The van der Waals surface area contributed by atoms with Crippen molar-refractivity contribution in [2.45, 2.75) is 6.92 Å². The lowest BCUT2D eigenvalue weighted by atomic mass is 10.1. The van der Waals surface area contributed by atoms with Gasteiger partial charge in [0.2, 0.25) is 0 Å². The predicted octanol–water partition coefficient (Wildman–Crippen LogP) is 2.53. The van der Waals surface area contributed by atoms with Crippen LogP contribution in [0.25, 0.3) is 5.76 Å². The molecule has 66 valence electrons. The summed E-state index contributed by atoms with van der Waals surface area (Å²) in [4.78, 5) is 10.9. The number of benzene rings is 1. The van der Waals surface area contributed by atoms with Gasteiger partial charge < -0.3 is 4.74 Å². The molecule has 3 heteroatoms. The molecule has 0 bridgehead atoms. The fourth-order valence-corrected chi connectivity index (χ4v) is 1.30. The quantitative estimate of drug-likeness (QED) is 0.658. The van der Waals surface area contributed by atoms with Gasteiger partial charge in [0.25, 0.3) is 0 Å². The second-order valence-corrected chi connectivity index (χ2v) is 2.99. The van der Waals surface area contributed by atoms with Crippen molar-refractivity contribution in [3.8, 4) is 0 Å². The van der Waals surface area contributed by atoms with Crippen molar-refractivity contribution in [2.24, 2.45) is 0 Å². The molecule has 0 fully saturated rings. The smallest absolute Gasteiger partial charge is 0.410 e. The Kier molecular flexibility index (Phi) is 1.59. The van der Waals surface area contributed by atoms with Gasteiger partial charge in [-0.25, -0.2) is 4.79 Å². The zero-order valence-electron chi connectivity index (χ0n) is 7.26. The molecular formula is C10H9NO2. The Morgan fingerprint density at radius 2 is 2.23 bits per heavy atom. The van der Waals surface area contributed by atoms with Crippen molar-refractivity contribution >= 4 is 17.5 Å². The zero-order valence-corrected chi connectivity index (χ0v) is 7.26. The largest absolute Gasteiger partial charge is 0.417 e. The number of fused-ring (bicyclic) bond motifs is 1. The molecule has 3 nitrogen and oxygen atoms in total. The Hall–Kier alpha value is -1.77. The molecule has 0 aromatic heterocycles. The highest BCUT2D eigenvalue weighted by Crippen LogP contribution is 2.28. The van der Waals surface area contributed by atoms with Gasteiger partial charge in [-0.15, -0.1) is 0 Å². The van der Waals surface area contributed by atoms with Crippen molar-refractivity contribution in [3.63, 3.8) is 0 Å². The fraction of sp³-hybridized carbons (Fsp3) is 0.100. The van der Waals surface area contributed by atoms with E-state index in [1.54, 1.807) is 0 Å². The van der Waals surface area contributed by atoms with Gasteiger partial charge in [-0.1, -0.05) is 18.2 Å². The van der Waals surface area contributed by atoms with E-state index in [1.807, 2.05) is 25.1 Å². The average Bonchev–Trinajstić information content (AvgIpc) is 2.06. The molecule has 1 aliphatic heterocycles. The van der Waals surface area contributed by atoms with E-state index < -0.39 is 6.09 Å². The van der Waals surface area contributed by atoms with E-state index in [4.69, 9.17) is 4.74 Å². The molecule has 13 heavy (non-hydrogen) atoms. The standard InChI is InChI=1S/C10H9NO2/c1-6-3-4-9-8(5-6)7(2)13-10(12)11-9/h3-5H,2H2,1H3,(H,11,12). The highest BCUT2D eigenvalue weighted by Gasteiger charge is 2.18. The lowest BCUT2D eigenvalue weighted by Crippen LogP contribution is -2.19. The first-order valence-corrected chi connectivity index (χ1v) is 3.95. The topological polar surface area (TPSA) is 38.3 Å². The van der Waals surface area contributed by atoms with Gasteiger partial charge in [-0.2, -0.15) is 0 Å². The summed E-state index contributed by atoms with van der Waals surface area (Å²) in [5, 5.41) is 2.60. The summed E-state index contributed by atoms with van der Waals surface area (Å²) in [6.07, 6.45) is -0.471. The van der Waals surface area contributed by atoms with Crippen LogP contribution in [0.3, 0.4) is 0 Å². The Labute approximate surface area is 76.0 Å². The number of amides is 1. The van der Waals surface area contributed by atoms with E-state index >= 15 is 0 Å². The molecule has 1 amide bonds. The molecule has 1 N–H and O–H groups in total. The first-order chi connectivity index (χ1) is 6.16. The van der Waals surface area contributed by atoms with Crippen molar-refractivity contribution in [1.82, 2.24) is 0 Å². The molecule has 0 radical (unpaired) electrons. The highest BCUT2D eigenvalue weighted by molar-refractivity contribution is 5.96. The summed E-state index contributed by atoms with van der Waals surface area (Å²) in [7, 11) is 0. The summed E-state index contributed by atoms with van der Waals surface area (Å²) in [6, 6.07) is 5.70. The van der Waals surface area contributed by atoms with E-state index in [2.05, 4.69) is 11.9 Å².